The number of likely N-dealkylation sites (tertiary alicyclic amines) is 1. The van der Waals surface area contributed by atoms with E-state index in [9.17, 15) is 4.79 Å². The normalized spacial score (nSPS) is 31.4. The van der Waals surface area contributed by atoms with E-state index in [1.54, 1.807) is 12.5 Å². The molecule has 0 radical (unpaired) electrons. The summed E-state index contributed by atoms with van der Waals surface area (Å²) in [6.45, 7) is 1.59. The number of hydrogen-bond acceptors (Lipinski definition) is 5. The number of piperidine rings is 1. The van der Waals surface area contributed by atoms with E-state index in [1.807, 2.05) is 4.90 Å². The molecule has 2 bridgehead atoms. The van der Waals surface area contributed by atoms with Gasteiger partial charge in [-0.3, -0.25) is 4.79 Å². The molecule has 1 amide bonds. The predicted octanol–water partition coefficient (Wildman–Crippen LogP) is 1.43. The van der Waals surface area contributed by atoms with Crippen LogP contribution in [0.5, 0.6) is 0 Å². The van der Waals surface area contributed by atoms with Crippen molar-refractivity contribution in [3.05, 3.63) is 11.1 Å². The minimum absolute atomic E-state index is 0.0233. The van der Waals surface area contributed by atoms with Gasteiger partial charge in [-0.15, -0.1) is 5.10 Å². The summed E-state index contributed by atoms with van der Waals surface area (Å²) in [7, 11) is 1.79. The fraction of sp³-hybridized carbons (Fsp3) is 0.750. The SMILES string of the molecule is COC1C2CCCC1CN(C(=O)c1csnn1)C2. The van der Waals surface area contributed by atoms with E-state index in [0.717, 1.165) is 25.9 Å². The third kappa shape index (κ3) is 2.03. The Bertz CT molecular complexity index is 409. The second-order valence-electron chi connectivity index (χ2n) is 5.15. The molecule has 1 saturated heterocycles. The summed E-state index contributed by atoms with van der Waals surface area (Å²) in [6.07, 6.45) is 3.91. The number of carbonyl (C=O) groups excluding carboxylic acids is 1. The third-order valence-electron chi connectivity index (χ3n) is 4.13. The van der Waals surface area contributed by atoms with Crippen molar-refractivity contribution in [1.29, 1.82) is 0 Å². The minimum Gasteiger partial charge on any atom is -0.381 e. The van der Waals surface area contributed by atoms with Gasteiger partial charge >= 0.3 is 0 Å². The monoisotopic (exact) mass is 267 g/mol. The summed E-state index contributed by atoms with van der Waals surface area (Å²) >= 11 is 1.23. The summed E-state index contributed by atoms with van der Waals surface area (Å²) < 4.78 is 9.37. The molecule has 1 saturated carbocycles. The van der Waals surface area contributed by atoms with Crippen molar-refractivity contribution < 1.29 is 9.53 Å². The fourth-order valence-electron chi connectivity index (χ4n) is 3.36. The van der Waals surface area contributed by atoms with Crippen LogP contribution in [0.4, 0.5) is 0 Å². The molecule has 1 aromatic heterocycles. The maximum Gasteiger partial charge on any atom is 0.275 e. The van der Waals surface area contributed by atoms with Gasteiger partial charge in [0.1, 0.15) is 0 Å². The van der Waals surface area contributed by atoms with Crippen molar-refractivity contribution in [1.82, 2.24) is 14.5 Å². The number of carbonyl (C=O) groups is 1. The van der Waals surface area contributed by atoms with Crippen LogP contribution < -0.4 is 0 Å². The summed E-state index contributed by atoms with van der Waals surface area (Å²) in [5, 5.41) is 5.59. The van der Waals surface area contributed by atoms with Crippen LogP contribution in [0.2, 0.25) is 0 Å². The van der Waals surface area contributed by atoms with Gasteiger partial charge in [-0.05, 0) is 24.4 Å². The Hall–Kier alpha value is -1.01. The number of rotatable bonds is 2. The lowest BCUT2D eigenvalue weighted by Crippen LogP contribution is -2.53. The lowest BCUT2D eigenvalue weighted by atomic mass is 9.75. The molecule has 2 heterocycles. The summed E-state index contributed by atoms with van der Waals surface area (Å²) in [4.78, 5) is 14.2. The largest absolute Gasteiger partial charge is 0.381 e. The lowest BCUT2D eigenvalue weighted by Gasteiger charge is -2.46. The first kappa shape index (κ1) is 12.0. The maximum absolute atomic E-state index is 12.3. The molecule has 98 valence electrons. The molecule has 6 heteroatoms. The number of nitrogens with zero attached hydrogens (tertiary/aromatic N) is 3. The molecule has 0 N–H and O–H groups in total. The van der Waals surface area contributed by atoms with E-state index >= 15 is 0 Å². The highest BCUT2D eigenvalue weighted by atomic mass is 32.1. The van der Waals surface area contributed by atoms with Crippen molar-refractivity contribution in [2.75, 3.05) is 20.2 Å². The highest BCUT2D eigenvalue weighted by Gasteiger charge is 2.41. The van der Waals surface area contributed by atoms with Crippen molar-refractivity contribution in [2.24, 2.45) is 11.8 Å². The molecule has 18 heavy (non-hydrogen) atoms. The first-order chi connectivity index (χ1) is 8.79. The van der Waals surface area contributed by atoms with Gasteiger partial charge in [-0.2, -0.15) is 0 Å². The standard InChI is InChI=1S/C12H17N3O2S/c1-17-11-8-3-2-4-9(11)6-15(5-8)12(16)10-7-18-14-13-10/h7-9,11H,2-6H2,1H3. The van der Waals surface area contributed by atoms with Gasteiger partial charge in [0.2, 0.25) is 0 Å². The molecule has 5 nitrogen and oxygen atoms in total. The quantitative estimate of drug-likeness (QED) is 0.813. The number of fused-ring (bicyclic) bond motifs is 2. The average Bonchev–Trinajstić information content (AvgIpc) is 2.90. The number of aromatic nitrogens is 2. The zero-order valence-electron chi connectivity index (χ0n) is 10.4. The van der Waals surface area contributed by atoms with Crippen molar-refractivity contribution in [3.8, 4) is 0 Å². The van der Waals surface area contributed by atoms with E-state index in [2.05, 4.69) is 9.59 Å². The van der Waals surface area contributed by atoms with Gasteiger partial charge in [-0.25, -0.2) is 0 Å². The van der Waals surface area contributed by atoms with Crippen LogP contribution in [-0.2, 0) is 4.74 Å². The van der Waals surface area contributed by atoms with Gasteiger partial charge in [0.05, 0.1) is 6.10 Å². The zero-order valence-corrected chi connectivity index (χ0v) is 11.2. The van der Waals surface area contributed by atoms with E-state index < -0.39 is 0 Å². The molecule has 1 aromatic rings. The Morgan fingerprint density at radius 1 is 1.44 bits per heavy atom. The van der Waals surface area contributed by atoms with Crippen molar-refractivity contribution >= 4 is 17.4 Å². The predicted molar refractivity (Wildman–Crippen MR) is 67.4 cm³/mol. The highest BCUT2D eigenvalue weighted by Crippen LogP contribution is 2.36. The van der Waals surface area contributed by atoms with E-state index in [0.29, 0.717) is 23.6 Å². The molecule has 0 aromatic carbocycles. The Morgan fingerprint density at radius 2 is 2.17 bits per heavy atom. The van der Waals surface area contributed by atoms with Crippen LogP contribution in [0.25, 0.3) is 0 Å². The summed E-state index contributed by atoms with van der Waals surface area (Å²) in [5.41, 5.74) is 0.481. The van der Waals surface area contributed by atoms with E-state index in [-0.39, 0.29) is 5.91 Å². The first-order valence-electron chi connectivity index (χ1n) is 6.38. The van der Waals surface area contributed by atoms with Crippen LogP contribution in [0.3, 0.4) is 0 Å². The molecular formula is C12H17N3O2S. The molecule has 2 fully saturated rings. The van der Waals surface area contributed by atoms with Crippen LogP contribution in [0, 0.1) is 11.8 Å². The van der Waals surface area contributed by atoms with Crippen LogP contribution in [0.15, 0.2) is 5.38 Å². The smallest absolute Gasteiger partial charge is 0.275 e. The molecule has 1 aliphatic heterocycles. The highest BCUT2D eigenvalue weighted by molar-refractivity contribution is 7.03. The van der Waals surface area contributed by atoms with Crippen molar-refractivity contribution in [3.63, 3.8) is 0 Å². The first-order valence-corrected chi connectivity index (χ1v) is 7.22. The summed E-state index contributed by atoms with van der Waals surface area (Å²) in [5.74, 6) is 0.992. The van der Waals surface area contributed by atoms with E-state index in [4.69, 9.17) is 4.74 Å². The van der Waals surface area contributed by atoms with Crippen LogP contribution >= 0.6 is 11.5 Å². The zero-order chi connectivity index (χ0) is 12.5. The van der Waals surface area contributed by atoms with Crippen LogP contribution in [0.1, 0.15) is 29.8 Å². The van der Waals surface area contributed by atoms with E-state index in [1.165, 1.54) is 18.0 Å². The van der Waals surface area contributed by atoms with Gasteiger partial charge < -0.3 is 9.64 Å². The Labute approximate surface area is 110 Å². The maximum atomic E-state index is 12.3. The second-order valence-corrected chi connectivity index (χ2v) is 5.76. The Kier molecular flexibility index (Phi) is 3.30. The Balaban J connectivity index is 1.75. The van der Waals surface area contributed by atoms with Gasteiger partial charge in [0, 0.05) is 37.4 Å². The third-order valence-corrected chi connectivity index (χ3v) is 4.63. The Morgan fingerprint density at radius 3 is 2.72 bits per heavy atom. The molecule has 0 spiro atoms. The van der Waals surface area contributed by atoms with Crippen LogP contribution in [-0.4, -0.2) is 46.7 Å². The lowest BCUT2D eigenvalue weighted by molar-refractivity contribution is -0.0656. The molecular weight excluding hydrogens is 250 g/mol. The molecule has 1 aliphatic carbocycles. The van der Waals surface area contributed by atoms with Crippen molar-refractivity contribution in [2.45, 2.75) is 25.4 Å². The number of hydrogen-bond donors (Lipinski definition) is 0. The molecule has 3 rings (SSSR count). The topological polar surface area (TPSA) is 55.3 Å². The number of ether oxygens (including phenoxy) is 1. The molecule has 2 unspecified atom stereocenters. The van der Waals surface area contributed by atoms with Gasteiger partial charge in [-0.1, -0.05) is 10.9 Å². The molecule has 2 atom stereocenters. The second kappa shape index (κ2) is 4.93. The fourth-order valence-corrected chi connectivity index (χ4v) is 3.79. The molecule has 2 aliphatic rings. The average molecular weight is 267 g/mol. The van der Waals surface area contributed by atoms with Gasteiger partial charge in [0.15, 0.2) is 5.69 Å². The minimum atomic E-state index is 0.0233. The number of amides is 1. The summed E-state index contributed by atoms with van der Waals surface area (Å²) in [6, 6.07) is 0. The van der Waals surface area contributed by atoms with Gasteiger partial charge in [0.25, 0.3) is 5.91 Å². The number of methoxy groups -OCH3 is 1.